The summed E-state index contributed by atoms with van der Waals surface area (Å²) < 4.78 is 35.6. The van der Waals surface area contributed by atoms with Gasteiger partial charge in [-0.1, -0.05) is 17.7 Å². The first-order valence-electron chi connectivity index (χ1n) is 8.47. The summed E-state index contributed by atoms with van der Waals surface area (Å²) in [5, 5.41) is 8.93. The smallest absolute Gasteiger partial charge is 0.407 e. The number of hydrogen-bond acceptors (Lipinski definition) is 5. The van der Waals surface area contributed by atoms with Crippen LogP contribution in [0.4, 0.5) is 4.79 Å². The van der Waals surface area contributed by atoms with Crippen molar-refractivity contribution in [2.45, 2.75) is 55.8 Å². The van der Waals surface area contributed by atoms with Gasteiger partial charge in [0.25, 0.3) is 10.1 Å². The summed E-state index contributed by atoms with van der Waals surface area (Å²) in [5.74, 6) is 0. The minimum absolute atomic E-state index is 0.0143. The molecule has 1 saturated carbocycles. The maximum atomic E-state index is 12.2. The number of nitrogens with zero attached hydrogens (tertiary/aromatic N) is 1. The van der Waals surface area contributed by atoms with Crippen LogP contribution in [-0.4, -0.2) is 55.9 Å². The van der Waals surface area contributed by atoms with Gasteiger partial charge in [-0.25, -0.2) is 4.79 Å². The first-order chi connectivity index (χ1) is 11.8. The van der Waals surface area contributed by atoms with Crippen molar-refractivity contribution in [2.75, 3.05) is 13.1 Å². The lowest BCUT2D eigenvalue weighted by atomic mass is 9.91. The highest BCUT2D eigenvalue weighted by molar-refractivity contribution is 7.86. The fourth-order valence-electron chi connectivity index (χ4n) is 3.10. The van der Waals surface area contributed by atoms with Gasteiger partial charge in [0.05, 0.1) is 23.2 Å². The van der Waals surface area contributed by atoms with Crippen LogP contribution in [0.15, 0.2) is 29.2 Å². The molecule has 0 spiro atoms. The molecule has 0 radical (unpaired) electrons. The lowest BCUT2D eigenvalue weighted by Gasteiger charge is -2.38. The second-order valence-electron chi connectivity index (χ2n) is 6.68. The molecule has 1 amide bonds. The van der Waals surface area contributed by atoms with Gasteiger partial charge >= 0.3 is 6.09 Å². The average Bonchev–Trinajstić information content (AvgIpc) is 2.53. The van der Waals surface area contributed by atoms with Crippen LogP contribution in [-0.2, 0) is 19.0 Å². The van der Waals surface area contributed by atoms with E-state index in [1.54, 1.807) is 24.3 Å². The van der Waals surface area contributed by atoms with Gasteiger partial charge < -0.3 is 14.7 Å². The van der Waals surface area contributed by atoms with Gasteiger partial charge in [0, 0.05) is 25.9 Å². The van der Waals surface area contributed by atoms with Gasteiger partial charge in [-0.15, -0.1) is 0 Å². The van der Waals surface area contributed by atoms with E-state index in [0.29, 0.717) is 38.8 Å². The standard InChI is InChI=1S/C17H23NO6S/c1-12-2-4-16(5-3-12)25(21,22)24-15-10-14(11-15)23-13-6-8-18(9-7-13)17(19)20/h2-5,13-15H,6-11H2,1H3,(H,19,20). The third-order valence-corrected chi connectivity index (χ3v) is 6.10. The number of amides is 1. The van der Waals surface area contributed by atoms with Crippen molar-refractivity contribution in [1.29, 1.82) is 0 Å². The minimum atomic E-state index is -3.74. The predicted octanol–water partition coefficient (Wildman–Crippen LogP) is 2.39. The zero-order valence-electron chi connectivity index (χ0n) is 14.1. The summed E-state index contributed by atoms with van der Waals surface area (Å²) in [6, 6.07) is 6.58. The summed E-state index contributed by atoms with van der Waals surface area (Å²) >= 11 is 0. The molecule has 1 aliphatic carbocycles. The quantitative estimate of drug-likeness (QED) is 0.801. The molecule has 0 bridgehead atoms. The Morgan fingerprint density at radius 2 is 1.68 bits per heavy atom. The highest BCUT2D eigenvalue weighted by Gasteiger charge is 2.37. The van der Waals surface area contributed by atoms with E-state index in [0.717, 1.165) is 5.56 Å². The zero-order valence-corrected chi connectivity index (χ0v) is 14.9. The van der Waals surface area contributed by atoms with Crippen molar-refractivity contribution in [1.82, 2.24) is 4.90 Å². The molecule has 1 aromatic rings. The summed E-state index contributed by atoms with van der Waals surface area (Å²) in [4.78, 5) is 12.4. The fraction of sp³-hybridized carbons (Fsp3) is 0.588. The van der Waals surface area contributed by atoms with E-state index in [4.69, 9.17) is 14.0 Å². The van der Waals surface area contributed by atoms with E-state index in [1.807, 2.05) is 6.92 Å². The van der Waals surface area contributed by atoms with Gasteiger partial charge in [-0.3, -0.25) is 4.18 Å². The predicted molar refractivity (Wildman–Crippen MR) is 90.0 cm³/mol. The van der Waals surface area contributed by atoms with Crippen LogP contribution in [0.1, 0.15) is 31.2 Å². The van der Waals surface area contributed by atoms with Crippen molar-refractivity contribution in [3.63, 3.8) is 0 Å². The lowest BCUT2D eigenvalue weighted by molar-refractivity contribution is -0.107. The molecular weight excluding hydrogens is 346 g/mol. The van der Waals surface area contributed by atoms with Gasteiger partial charge in [-0.2, -0.15) is 8.42 Å². The Hall–Kier alpha value is -1.64. The summed E-state index contributed by atoms with van der Waals surface area (Å²) in [5.41, 5.74) is 0.991. The molecule has 1 N–H and O–H groups in total. The second-order valence-corrected chi connectivity index (χ2v) is 8.26. The van der Waals surface area contributed by atoms with Gasteiger partial charge in [0.1, 0.15) is 0 Å². The van der Waals surface area contributed by atoms with E-state index in [1.165, 1.54) is 4.90 Å². The normalized spacial score (nSPS) is 24.8. The number of likely N-dealkylation sites (tertiary alicyclic amines) is 1. The molecule has 8 heteroatoms. The number of carboxylic acid groups (broad SMARTS) is 1. The van der Waals surface area contributed by atoms with Crippen LogP contribution in [0, 0.1) is 6.92 Å². The molecule has 0 unspecified atom stereocenters. The number of aryl methyl sites for hydroxylation is 1. The van der Waals surface area contributed by atoms with Crippen LogP contribution in [0.3, 0.4) is 0 Å². The average molecular weight is 369 g/mol. The monoisotopic (exact) mass is 369 g/mol. The molecule has 0 atom stereocenters. The molecule has 2 aliphatic rings. The molecule has 1 saturated heterocycles. The molecule has 1 heterocycles. The van der Waals surface area contributed by atoms with Crippen molar-refractivity contribution in [2.24, 2.45) is 0 Å². The van der Waals surface area contributed by atoms with Gasteiger partial charge in [-0.05, 0) is 31.9 Å². The van der Waals surface area contributed by atoms with E-state index >= 15 is 0 Å². The number of benzene rings is 1. The number of ether oxygens (including phenoxy) is 1. The van der Waals surface area contributed by atoms with E-state index < -0.39 is 16.2 Å². The Bertz CT molecular complexity index is 703. The number of carbonyl (C=O) groups is 1. The Balaban J connectivity index is 1.42. The van der Waals surface area contributed by atoms with E-state index in [2.05, 4.69) is 0 Å². The first kappa shape index (κ1) is 18.2. The van der Waals surface area contributed by atoms with Crippen molar-refractivity contribution < 1.29 is 27.2 Å². The van der Waals surface area contributed by atoms with Crippen LogP contribution in [0.2, 0.25) is 0 Å². The van der Waals surface area contributed by atoms with Gasteiger partial charge in [0.2, 0.25) is 0 Å². The Labute approximate surface area is 147 Å². The molecule has 138 valence electrons. The van der Waals surface area contributed by atoms with Crippen LogP contribution >= 0.6 is 0 Å². The van der Waals surface area contributed by atoms with Crippen LogP contribution in [0.25, 0.3) is 0 Å². The second kappa shape index (κ2) is 7.31. The molecule has 1 aromatic carbocycles. The van der Waals surface area contributed by atoms with Crippen LogP contribution < -0.4 is 0 Å². The lowest BCUT2D eigenvalue weighted by Crippen LogP contribution is -2.45. The first-order valence-corrected chi connectivity index (χ1v) is 9.87. The maximum absolute atomic E-state index is 12.2. The minimum Gasteiger partial charge on any atom is -0.465 e. The molecule has 0 aromatic heterocycles. The highest BCUT2D eigenvalue weighted by Crippen LogP contribution is 2.32. The Morgan fingerprint density at radius 1 is 1.08 bits per heavy atom. The summed E-state index contributed by atoms with van der Waals surface area (Å²) in [7, 11) is -3.74. The topological polar surface area (TPSA) is 93.1 Å². The van der Waals surface area contributed by atoms with E-state index in [-0.39, 0.29) is 23.2 Å². The SMILES string of the molecule is Cc1ccc(S(=O)(=O)OC2CC(OC3CCN(C(=O)O)CC3)C2)cc1. The maximum Gasteiger partial charge on any atom is 0.407 e. The Morgan fingerprint density at radius 3 is 2.24 bits per heavy atom. The highest BCUT2D eigenvalue weighted by atomic mass is 32.2. The zero-order chi connectivity index (χ0) is 18.0. The summed E-state index contributed by atoms with van der Waals surface area (Å²) in [6.07, 6.45) is 1.22. The number of piperidine rings is 1. The molecule has 3 rings (SSSR count). The van der Waals surface area contributed by atoms with Crippen molar-refractivity contribution >= 4 is 16.2 Å². The van der Waals surface area contributed by atoms with Gasteiger partial charge in [0.15, 0.2) is 0 Å². The number of rotatable bonds is 5. The molecule has 7 nitrogen and oxygen atoms in total. The molecule has 2 fully saturated rings. The number of hydrogen-bond donors (Lipinski definition) is 1. The van der Waals surface area contributed by atoms with E-state index in [9.17, 15) is 13.2 Å². The largest absolute Gasteiger partial charge is 0.465 e. The summed E-state index contributed by atoms with van der Waals surface area (Å²) in [6.45, 7) is 2.86. The van der Waals surface area contributed by atoms with Crippen LogP contribution in [0.5, 0.6) is 0 Å². The van der Waals surface area contributed by atoms with Crippen molar-refractivity contribution in [3.05, 3.63) is 29.8 Å². The Kier molecular flexibility index (Phi) is 5.31. The third-order valence-electron chi connectivity index (χ3n) is 4.72. The molecule has 1 aliphatic heterocycles. The third kappa shape index (κ3) is 4.50. The van der Waals surface area contributed by atoms with Crippen molar-refractivity contribution in [3.8, 4) is 0 Å². The molecule has 25 heavy (non-hydrogen) atoms. The fourth-order valence-corrected chi connectivity index (χ4v) is 4.20. The molecular formula is C17H23NO6S.